The number of ether oxygens (including phenoxy) is 2. The summed E-state index contributed by atoms with van der Waals surface area (Å²) in [6.45, 7) is 7.66. The number of benzene rings is 2. The molecule has 0 N–H and O–H groups in total. The Kier molecular flexibility index (Phi) is 6.92. The molecule has 9 heteroatoms. The molecule has 2 aromatic carbocycles. The van der Waals surface area contributed by atoms with Crippen molar-refractivity contribution in [1.82, 2.24) is 15.0 Å². The molecule has 1 unspecified atom stereocenters. The SMILES string of the molecule is COC(=O)C(OC(C)(C)C)c1c(C)cc2nc(-c3ccnc(Cl)n3)sc2c1-c1ccc(Cl)cc1. The van der Waals surface area contributed by atoms with Crippen LogP contribution in [0.1, 0.15) is 38.0 Å². The highest BCUT2D eigenvalue weighted by atomic mass is 35.5. The Morgan fingerprint density at radius 2 is 1.79 bits per heavy atom. The van der Waals surface area contributed by atoms with E-state index in [2.05, 4.69) is 9.97 Å². The van der Waals surface area contributed by atoms with Gasteiger partial charge in [0.15, 0.2) is 6.10 Å². The number of thiazole rings is 1. The van der Waals surface area contributed by atoms with Crippen molar-refractivity contribution < 1.29 is 14.3 Å². The normalized spacial score (nSPS) is 12.7. The maximum absolute atomic E-state index is 13.0. The summed E-state index contributed by atoms with van der Waals surface area (Å²) >= 11 is 13.7. The van der Waals surface area contributed by atoms with Crippen molar-refractivity contribution in [2.24, 2.45) is 0 Å². The average molecular weight is 516 g/mol. The zero-order valence-corrected chi connectivity index (χ0v) is 21.7. The molecule has 0 saturated heterocycles. The molecule has 0 fully saturated rings. The number of nitrogens with zero attached hydrogens (tertiary/aromatic N) is 3. The highest BCUT2D eigenvalue weighted by molar-refractivity contribution is 7.22. The molecule has 176 valence electrons. The van der Waals surface area contributed by atoms with Gasteiger partial charge >= 0.3 is 5.97 Å². The van der Waals surface area contributed by atoms with E-state index in [1.165, 1.54) is 18.4 Å². The Balaban J connectivity index is 2.04. The van der Waals surface area contributed by atoms with E-state index in [0.717, 1.165) is 32.5 Å². The fourth-order valence-corrected chi connectivity index (χ4v) is 5.07. The van der Waals surface area contributed by atoms with Gasteiger partial charge in [0.25, 0.3) is 0 Å². The van der Waals surface area contributed by atoms with E-state index in [-0.39, 0.29) is 5.28 Å². The van der Waals surface area contributed by atoms with Crippen molar-refractivity contribution in [3.63, 3.8) is 0 Å². The predicted octanol–water partition coefficient (Wildman–Crippen LogP) is 7.06. The van der Waals surface area contributed by atoms with E-state index >= 15 is 0 Å². The molecule has 0 amide bonds. The molecule has 0 aliphatic rings. The second-order valence-corrected chi connectivity index (χ2v) is 10.5. The maximum atomic E-state index is 13.0. The van der Waals surface area contributed by atoms with Gasteiger partial charge in [0, 0.05) is 22.3 Å². The van der Waals surface area contributed by atoms with Crippen molar-refractivity contribution in [1.29, 1.82) is 0 Å². The van der Waals surface area contributed by atoms with Gasteiger partial charge in [0.2, 0.25) is 5.28 Å². The number of hydrogen-bond donors (Lipinski definition) is 0. The molecule has 1 atom stereocenters. The lowest BCUT2D eigenvalue weighted by atomic mass is 9.91. The number of esters is 1. The van der Waals surface area contributed by atoms with Crippen molar-refractivity contribution in [3.05, 3.63) is 64.0 Å². The van der Waals surface area contributed by atoms with E-state index in [1.54, 1.807) is 12.3 Å². The van der Waals surface area contributed by atoms with Gasteiger partial charge in [0.05, 0.1) is 22.9 Å². The van der Waals surface area contributed by atoms with Gasteiger partial charge in [0.1, 0.15) is 10.7 Å². The summed E-state index contributed by atoms with van der Waals surface area (Å²) in [5, 5.41) is 1.46. The molecule has 0 saturated carbocycles. The standard InChI is InChI=1S/C25H23Cl2N3O3S/c1-13-12-17-21(34-22(29-17)16-10-11-28-24(27)30-16)19(14-6-8-15(26)9-7-14)18(13)20(23(31)32-5)33-25(2,3)4/h6-12,20H,1-5H3. The van der Waals surface area contributed by atoms with E-state index in [0.29, 0.717) is 15.7 Å². The smallest absolute Gasteiger partial charge is 0.339 e. The minimum absolute atomic E-state index is 0.149. The minimum Gasteiger partial charge on any atom is -0.467 e. The van der Waals surface area contributed by atoms with Crippen LogP contribution in [-0.2, 0) is 14.3 Å². The van der Waals surface area contributed by atoms with Gasteiger partial charge in [-0.3, -0.25) is 0 Å². The fraction of sp³-hybridized carbons (Fsp3) is 0.280. The van der Waals surface area contributed by atoms with Gasteiger partial charge in [-0.1, -0.05) is 23.7 Å². The number of halogens is 2. The van der Waals surface area contributed by atoms with Crippen LogP contribution in [0.3, 0.4) is 0 Å². The first-order valence-electron chi connectivity index (χ1n) is 10.5. The Labute approximate surface area is 211 Å². The lowest BCUT2D eigenvalue weighted by Crippen LogP contribution is -2.29. The number of hydrogen-bond acceptors (Lipinski definition) is 7. The third kappa shape index (κ3) is 5.08. The van der Waals surface area contributed by atoms with Crippen LogP contribution in [0.15, 0.2) is 42.6 Å². The zero-order valence-electron chi connectivity index (χ0n) is 19.3. The third-order valence-corrected chi connectivity index (χ3v) is 6.60. The molecule has 4 aromatic rings. The second-order valence-electron chi connectivity index (χ2n) is 8.70. The number of fused-ring (bicyclic) bond motifs is 1. The van der Waals surface area contributed by atoms with E-state index < -0.39 is 17.7 Å². The molecule has 0 radical (unpaired) electrons. The summed E-state index contributed by atoms with van der Waals surface area (Å²) in [6, 6.07) is 11.2. The summed E-state index contributed by atoms with van der Waals surface area (Å²) in [6.07, 6.45) is 0.664. The Morgan fingerprint density at radius 1 is 1.09 bits per heavy atom. The monoisotopic (exact) mass is 515 g/mol. The van der Waals surface area contributed by atoms with E-state index in [1.807, 2.05) is 58.0 Å². The fourth-order valence-electron chi connectivity index (χ4n) is 3.70. The summed E-state index contributed by atoms with van der Waals surface area (Å²) < 4.78 is 12.3. The minimum atomic E-state index is -0.931. The third-order valence-electron chi connectivity index (χ3n) is 5.05. The molecule has 2 aromatic heterocycles. The van der Waals surface area contributed by atoms with E-state index in [9.17, 15) is 4.79 Å². The van der Waals surface area contributed by atoms with Gasteiger partial charge in [-0.2, -0.15) is 0 Å². The van der Waals surface area contributed by atoms with Crippen molar-refractivity contribution in [2.45, 2.75) is 39.4 Å². The molecular weight excluding hydrogens is 493 g/mol. The van der Waals surface area contributed by atoms with Gasteiger partial charge in [-0.15, -0.1) is 11.3 Å². The van der Waals surface area contributed by atoms with Crippen LogP contribution < -0.4 is 0 Å². The number of carbonyl (C=O) groups is 1. The highest BCUT2D eigenvalue weighted by Gasteiger charge is 2.33. The number of carbonyl (C=O) groups excluding carboxylic acids is 1. The lowest BCUT2D eigenvalue weighted by Gasteiger charge is -2.28. The number of aryl methyl sites for hydroxylation is 1. The summed E-state index contributed by atoms with van der Waals surface area (Å²) in [7, 11) is 1.36. The Bertz CT molecular complexity index is 1360. The first-order valence-corrected chi connectivity index (χ1v) is 12.1. The summed E-state index contributed by atoms with van der Waals surface area (Å²) in [5.74, 6) is -0.472. The molecule has 2 heterocycles. The highest BCUT2D eigenvalue weighted by Crippen LogP contribution is 2.44. The van der Waals surface area contributed by atoms with Gasteiger partial charge in [-0.05, 0) is 74.7 Å². The first-order chi connectivity index (χ1) is 16.1. The zero-order chi connectivity index (χ0) is 24.6. The van der Waals surface area contributed by atoms with E-state index in [4.69, 9.17) is 37.7 Å². The molecule has 0 spiro atoms. The largest absolute Gasteiger partial charge is 0.467 e. The molecule has 0 bridgehead atoms. The molecule has 0 aliphatic heterocycles. The molecule has 34 heavy (non-hydrogen) atoms. The van der Waals surface area contributed by atoms with Crippen molar-refractivity contribution in [3.8, 4) is 21.8 Å². The lowest BCUT2D eigenvalue weighted by molar-refractivity contribution is -0.164. The van der Waals surface area contributed by atoms with Crippen molar-refractivity contribution >= 4 is 50.7 Å². The second kappa shape index (κ2) is 9.58. The number of rotatable bonds is 5. The van der Waals surface area contributed by atoms with Crippen LogP contribution in [0.5, 0.6) is 0 Å². The quantitative estimate of drug-likeness (QED) is 0.209. The summed E-state index contributed by atoms with van der Waals surface area (Å²) in [4.78, 5) is 26.0. The summed E-state index contributed by atoms with van der Waals surface area (Å²) in [5.41, 5.74) is 4.12. The van der Waals surface area contributed by atoms with Crippen LogP contribution in [0.25, 0.3) is 32.0 Å². The Hall–Kier alpha value is -2.58. The van der Waals surface area contributed by atoms with Crippen LogP contribution in [0.2, 0.25) is 10.3 Å². The van der Waals surface area contributed by atoms with Gasteiger partial charge in [-0.25, -0.2) is 19.7 Å². The van der Waals surface area contributed by atoms with Crippen LogP contribution >= 0.6 is 34.5 Å². The van der Waals surface area contributed by atoms with Crippen LogP contribution in [0.4, 0.5) is 0 Å². The number of aromatic nitrogens is 3. The Morgan fingerprint density at radius 3 is 2.41 bits per heavy atom. The molecule has 4 rings (SSSR count). The first kappa shape index (κ1) is 24.5. The molecule has 6 nitrogen and oxygen atoms in total. The predicted molar refractivity (Wildman–Crippen MR) is 136 cm³/mol. The number of methoxy groups -OCH3 is 1. The van der Waals surface area contributed by atoms with Crippen molar-refractivity contribution in [2.75, 3.05) is 7.11 Å². The average Bonchev–Trinajstić information content (AvgIpc) is 3.20. The topological polar surface area (TPSA) is 74.2 Å². The van der Waals surface area contributed by atoms with Gasteiger partial charge < -0.3 is 9.47 Å². The van der Waals surface area contributed by atoms with Crippen LogP contribution in [0, 0.1) is 6.92 Å². The van der Waals surface area contributed by atoms with Crippen LogP contribution in [-0.4, -0.2) is 33.6 Å². The molecule has 0 aliphatic carbocycles. The molecular formula is C25H23Cl2N3O3S. The maximum Gasteiger partial charge on any atom is 0.339 e.